The van der Waals surface area contributed by atoms with Gasteiger partial charge in [0.15, 0.2) is 17.5 Å². The zero-order chi connectivity index (χ0) is 20.8. The monoisotopic (exact) mass is 423 g/mol. The molecule has 0 saturated heterocycles. The molecule has 1 aliphatic rings. The summed E-state index contributed by atoms with van der Waals surface area (Å²) in [5.74, 6) is 0.544. The van der Waals surface area contributed by atoms with Gasteiger partial charge >= 0.3 is 0 Å². The van der Waals surface area contributed by atoms with Gasteiger partial charge < -0.3 is 10.1 Å². The fraction of sp³-hybridized carbons (Fsp3) is 0.217. The number of anilines is 1. The van der Waals surface area contributed by atoms with Crippen molar-refractivity contribution in [3.05, 3.63) is 70.6 Å². The SMILES string of the molecule is COc1ccccc1-c1nc(N[C@@H]2C[C@H]2c2ccc(F)c(F)c2)c2cc(C)sc2n1. The second-order valence-corrected chi connectivity index (χ2v) is 8.67. The van der Waals surface area contributed by atoms with E-state index in [1.165, 1.54) is 12.1 Å². The molecule has 4 nitrogen and oxygen atoms in total. The molecule has 1 fully saturated rings. The van der Waals surface area contributed by atoms with Gasteiger partial charge in [0.05, 0.1) is 18.1 Å². The minimum absolute atomic E-state index is 0.110. The first-order valence-corrected chi connectivity index (χ1v) is 10.5. The highest BCUT2D eigenvalue weighted by atomic mass is 32.1. The first-order chi connectivity index (χ1) is 14.5. The number of nitrogens with one attached hydrogen (secondary N) is 1. The molecule has 0 spiro atoms. The third-order valence-electron chi connectivity index (χ3n) is 5.35. The molecule has 0 radical (unpaired) electrons. The van der Waals surface area contributed by atoms with Crippen LogP contribution in [0.15, 0.2) is 48.5 Å². The Hall–Kier alpha value is -3.06. The maximum absolute atomic E-state index is 13.6. The van der Waals surface area contributed by atoms with Crippen molar-refractivity contribution in [1.82, 2.24) is 9.97 Å². The van der Waals surface area contributed by atoms with Crippen LogP contribution in [0.5, 0.6) is 5.75 Å². The topological polar surface area (TPSA) is 47.0 Å². The summed E-state index contributed by atoms with van der Waals surface area (Å²) in [6, 6.07) is 14.0. The normalized spacial score (nSPS) is 17.9. The number of halogens is 2. The molecule has 0 unspecified atom stereocenters. The first kappa shape index (κ1) is 18.9. The number of methoxy groups -OCH3 is 1. The maximum atomic E-state index is 13.6. The molecule has 152 valence electrons. The molecule has 2 heterocycles. The van der Waals surface area contributed by atoms with E-state index >= 15 is 0 Å². The highest BCUT2D eigenvalue weighted by Gasteiger charge is 2.39. The van der Waals surface area contributed by atoms with Gasteiger partial charge in [-0.15, -0.1) is 11.3 Å². The lowest BCUT2D eigenvalue weighted by atomic mass is 10.1. The lowest BCUT2D eigenvalue weighted by molar-refractivity contribution is 0.416. The second-order valence-electron chi connectivity index (χ2n) is 7.44. The average molecular weight is 423 g/mol. The van der Waals surface area contributed by atoms with E-state index in [4.69, 9.17) is 14.7 Å². The summed E-state index contributed by atoms with van der Waals surface area (Å²) in [6.45, 7) is 2.04. The molecule has 1 aliphatic carbocycles. The van der Waals surface area contributed by atoms with Crippen LogP contribution in [0.4, 0.5) is 14.6 Å². The predicted octanol–water partition coefficient (Wildman–Crippen LogP) is 5.92. The van der Waals surface area contributed by atoms with Crippen molar-refractivity contribution >= 4 is 27.4 Å². The molecule has 2 aromatic carbocycles. The van der Waals surface area contributed by atoms with Crippen molar-refractivity contribution in [1.29, 1.82) is 0 Å². The van der Waals surface area contributed by atoms with Crippen molar-refractivity contribution in [2.24, 2.45) is 0 Å². The fourth-order valence-electron chi connectivity index (χ4n) is 3.74. The van der Waals surface area contributed by atoms with E-state index in [0.29, 0.717) is 11.6 Å². The fourth-order valence-corrected chi connectivity index (χ4v) is 4.62. The van der Waals surface area contributed by atoms with E-state index < -0.39 is 11.6 Å². The summed E-state index contributed by atoms with van der Waals surface area (Å²) in [5, 5.41) is 4.47. The minimum Gasteiger partial charge on any atom is -0.496 e. The summed E-state index contributed by atoms with van der Waals surface area (Å²) >= 11 is 1.61. The molecule has 2 aromatic heterocycles. The number of ether oxygens (including phenoxy) is 1. The van der Waals surface area contributed by atoms with Gasteiger partial charge in [-0.25, -0.2) is 18.7 Å². The Kier molecular flexibility index (Phi) is 4.62. The lowest BCUT2D eigenvalue weighted by Gasteiger charge is -2.11. The molecule has 2 atom stereocenters. The van der Waals surface area contributed by atoms with Crippen molar-refractivity contribution in [3.63, 3.8) is 0 Å². The van der Waals surface area contributed by atoms with Crippen LogP contribution in [0.25, 0.3) is 21.6 Å². The van der Waals surface area contributed by atoms with Gasteiger partial charge in [-0.1, -0.05) is 18.2 Å². The highest BCUT2D eigenvalue weighted by molar-refractivity contribution is 7.18. The van der Waals surface area contributed by atoms with E-state index in [-0.39, 0.29) is 12.0 Å². The molecular formula is C23H19F2N3OS. The summed E-state index contributed by atoms with van der Waals surface area (Å²) < 4.78 is 32.4. The molecule has 0 amide bonds. The van der Waals surface area contributed by atoms with Crippen LogP contribution >= 0.6 is 11.3 Å². The second kappa shape index (κ2) is 7.32. The van der Waals surface area contributed by atoms with Gasteiger partial charge in [0, 0.05) is 16.8 Å². The van der Waals surface area contributed by atoms with Crippen LogP contribution in [-0.2, 0) is 0 Å². The number of aromatic nitrogens is 2. The predicted molar refractivity (Wildman–Crippen MR) is 115 cm³/mol. The molecule has 0 aliphatic heterocycles. The standard InChI is InChI=1S/C23H19F2N3OS/c1-12-9-16-22(26-19-11-15(19)13-7-8-17(24)18(25)10-13)27-21(28-23(16)30-12)14-5-3-4-6-20(14)29-2/h3-10,15,19H,11H2,1-2H3,(H,26,27,28)/t15-,19+/m0/s1. The Labute approximate surface area is 176 Å². The lowest BCUT2D eigenvalue weighted by Crippen LogP contribution is -2.08. The number of hydrogen-bond donors (Lipinski definition) is 1. The van der Waals surface area contributed by atoms with Crippen molar-refractivity contribution in [2.75, 3.05) is 12.4 Å². The average Bonchev–Trinajstić information content (AvgIpc) is 3.40. The number of hydrogen-bond acceptors (Lipinski definition) is 5. The van der Waals surface area contributed by atoms with E-state index in [1.54, 1.807) is 24.5 Å². The van der Waals surface area contributed by atoms with Crippen LogP contribution in [0.3, 0.4) is 0 Å². The molecule has 1 N–H and O–H groups in total. The Morgan fingerprint density at radius 2 is 1.90 bits per heavy atom. The molecule has 0 bridgehead atoms. The zero-order valence-electron chi connectivity index (χ0n) is 16.4. The maximum Gasteiger partial charge on any atom is 0.166 e. The number of para-hydroxylation sites is 1. The van der Waals surface area contributed by atoms with E-state index in [1.807, 2.05) is 31.2 Å². The van der Waals surface area contributed by atoms with Gasteiger partial charge in [-0.2, -0.15) is 0 Å². The number of aryl methyl sites for hydroxylation is 1. The van der Waals surface area contributed by atoms with Crippen LogP contribution in [-0.4, -0.2) is 23.1 Å². The number of nitrogens with zero attached hydrogens (tertiary/aromatic N) is 2. The van der Waals surface area contributed by atoms with Crippen LogP contribution in [0.1, 0.15) is 22.8 Å². The first-order valence-electron chi connectivity index (χ1n) is 9.66. The number of benzene rings is 2. The van der Waals surface area contributed by atoms with Gasteiger partial charge in [-0.3, -0.25) is 0 Å². The van der Waals surface area contributed by atoms with Crippen molar-refractivity contribution in [2.45, 2.75) is 25.3 Å². The van der Waals surface area contributed by atoms with Crippen LogP contribution in [0, 0.1) is 18.6 Å². The number of thiophene rings is 1. The number of rotatable bonds is 5. The van der Waals surface area contributed by atoms with Crippen LogP contribution < -0.4 is 10.1 Å². The van der Waals surface area contributed by atoms with E-state index in [9.17, 15) is 8.78 Å². The van der Waals surface area contributed by atoms with Gasteiger partial charge in [0.25, 0.3) is 0 Å². The summed E-state index contributed by atoms with van der Waals surface area (Å²) in [7, 11) is 1.63. The molecule has 4 aromatic rings. The Bertz CT molecular complexity index is 1260. The Morgan fingerprint density at radius 1 is 1.07 bits per heavy atom. The summed E-state index contributed by atoms with van der Waals surface area (Å²) in [4.78, 5) is 11.6. The van der Waals surface area contributed by atoms with E-state index in [0.717, 1.165) is 38.5 Å². The van der Waals surface area contributed by atoms with Crippen molar-refractivity contribution in [3.8, 4) is 17.1 Å². The summed E-state index contributed by atoms with van der Waals surface area (Å²) in [5.41, 5.74) is 1.62. The van der Waals surface area contributed by atoms with Gasteiger partial charge in [0.2, 0.25) is 0 Å². The molecule has 7 heteroatoms. The zero-order valence-corrected chi connectivity index (χ0v) is 17.3. The largest absolute Gasteiger partial charge is 0.496 e. The minimum atomic E-state index is -0.823. The third kappa shape index (κ3) is 3.39. The molecule has 30 heavy (non-hydrogen) atoms. The molecule has 5 rings (SSSR count). The Balaban J connectivity index is 1.50. The van der Waals surface area contributed by atoms with E-state index in [2.05, 4.69) is 11.4 Å². The smallest absolute Gasteiger partial charge is 0.166 e. The number of fused-ring (bicyclic) bond motifs is 1. The third-order valence-corrected chi connectivity index (χ3v) is 6.29. The van der Waals surface area contributed by atoms with Gasteiger partial charge in [0.1, 0.15) is 16.4 Å². The molecular weight excluding hydrogens is 404 g/mol. The molecule has 1 saturated carbocycles. The van der Waals surface area contributed by atoms with Gasteiger partial charge in [-0.05, 0) is 49.2 Å². The summed E-state index contributed by atoms with van der Waals surface area (Å²) in [6.07, 6.45) is 0.837. The van der Waals surface area contributed by atoms with Crippen LogP contribution in [0.2, 0.25) is 0 Å². The quantitative estimate of drug-likeness (QED) is 0.433. The van der Waals surface area contributed by atoms with Crippen molar-refractivity contribution < 1.29 is 13.5 Å². The Morgan fingerprint density at radius 3 is 2.70 bits per heavy atom. The highest BCUT2D eigenvalue weighted by Crippen LogP contribution is 2.44.